The van der Waals surface area contributed by atoms with Gasteiger partial charge in [0.15, 0.2) is 0 Å². The molecule has 0 aliphatic carbocycles. The first-order valence-corrected chi connectivity index (χ1v) is 9.02. The summed E-state index contributed by atoms with van der Waals surface area (Å²) in [7, 11) is 1.86. The van der Waals surface area contributed by atoms with E-state index in [2.05, 4.69) is 28.4 Å². The van der Waals surface area contributed by atoms with Gasteiger partial charge >= 0.3 is 0 Å². The second kappa shape index (κ2) is 7.68. The number of amides is 1. The summed E-state index contributed by atoms with van der Waals surface area (Å²) >= 11 is 0. The van der Waals surface area contributed by atoms with Gasteiger partial charge in [-0.1, -0.05) is 0 Å². The van der Waals surface area contributed by atoms with Crippen molar-refractivity contribution in [3.05, 3.63) is 41.3 Å². The van der Waals surface area contributed by atoms with Gasteiger partial charge in [-0.05, 0) is 56.9 Å². The van der Waals surface area contributed by atoms with E-state index in [0.29, 0.717) is 6.42 Å². The van der Waals surface area contributed by atoms with Gasteiger partial charge in [0, 0.05) is 38.4 Å². The van der Waals surface area contributed by atoms with E-state index in [9.17, 15) is 4.79 Å². The van der Waals surface area contributed by atoms with Gasteiger partial charge in [0.05, 0.1) is 11.7 Å². The highest BCUT2D eigenvalue weighted by molar-refractivity contribution is 5.77. The van der Waals surface area contributed by atoms with Crippen molar-refractivity contribution < 1.29 is 4.79 Å². The van der Waals surface area contributed by atoms with E-state index in [0.717, 1.165) is 49.6 Å². The van der Waals surface area contributed by atoms with Crippen LogP contribution in [0.4, 0.5) is 5.82 Å². The Morgan fingerprint density at radius 2 is 2.20 bits per heavy atom. The van der Waals surface area contributed by atoms with Gasteiger partial charge in [-0.15, -0.1) is 0 Å². The first-order chi connectivity index (χ1) is 12.1. The van der Waals surface area contributed by atoms with Crippen LogP contribution in [-0.2, 0) is 11.3 Å². The number of hydrogen-bond acceptors (Lipinski definition) is 4. The number of carbonyl (C=O) groups is 1. The standard InChI is InChI=1S/C19H27N5O/c1-14-12-15(2)24(22-14)11-5-7-19(25)23-10-4-6-17(23)16-8-9-21-18(13-16)20-3/h8-9,12-13,17H,4-7,10-11H2,1-3H3,(H,20,21). The number of rotatable bonds is 6. The molecule has 25 heavy (non-hydrogen) atoms. The van der Waals surface area contributed by atoms with Gasteiger partial charge in [-0.3, -0.25) is 9.48 Å². The molecule has 0 bridgehead atoms. The molecule has 1 saturated heterocycles. The lowest BCUT2D eigenvalue weighted by Gasteiger charge is -2.25. The highest BCUT2D eigenvalue weighted by atomic mass is 16.2. The number of pyridine rings is 1. The van der Waals surface area contributed by atoms with E-state index in [1.807, 2.05) is 41.9 Å². The molecule has 2 aromatic heterocycles. The van der Waals surface area contributed by atoms with Crippen molar-refractivity contribution in [3.63, 3.8) is 0 Å². The third-order valence-corrected chi connectivity index (χ3v) is 4.86. The maximum Gasteiger partial charge on any atom is 0.223 e. The lowest BCUT2D eigenvalue weighted by Crippen LogP contribution is -2.30. The minimum Gasteiger partial charge on any atom is -0.373 e. The Hall–Kier alpha value is -2.37. The quantitative estimate of drug-likeness (QED) is 0.877. The number of aromatic nitrogens is 3. The molecule has 6 heteroatoms. The Morgan fingerprint density at radius 1 is 1.36 bits per heavy atom. The summed E-state index contributed by atoms with van der Waals surface area (Å²) < 4.78 is 1.99. The molecule has 0 saturated carbocycles. The molecule has 6 nitrogen and oxygen atoms in total. The van der Waals surface area contributed by atoms with Crippen molar-refractivity contribution in [1.82, 2.24) is 19.7 Å². The van der Waals surface area contributed by atoms with Gasteiger partial charge in [0.25, 0.3) is 0 Å². The molecule has 1 amide bonds. The number of aryl methyl sites for hydroxylation is 3. The number of nitrogens with zero attached hydrogens (tertiary/aromatic N) is 4. The zero-order chi connectivity index (χ0) is 17.8. The van der Waals surface area contributed by atoms with Crippen LogP contribution in [0, 0.1) is 13.8 Å². The van der Waals surface area contributed by atoms with E-state index >= 15 is 0 Å². The molecule has 0 radical (unpaired) electrons. The molecule has 1 atom stereocenters. The highest BCUT2D eigenvalue weighted by Gasteiger charge is 2.29. The van der Waals surface area contributed by atoms with Gasteiger partial charge in [-0.25, -0.2) is 4.98 Å². The number of nitrogens with one attached hydrogen (secondary N) is 1. The summed E-state index contributed by atoms with van der Waals surface area (Å²) in [6.45, 7) is 5.70. The van der Waals surface area contributed by atoms with Gasteiger partial charge < -0.3 is 10.2 Å². The third kappa shape index (κ3) is 4.00. The summed E-state index contributed by atoms with van der Waals surface area (Å²) in [4.78, 5) is 19.0. The molecule has 1 unspecified atom stereocenters. The van der Waals surface area contributed by atoms with Crippen molar-refractivity contribution in [2.75, 3.05) is 18.9 Å². The van der Waals surface area contributed by atoms with Crippen molar-refractivity contribution in [1.29, 1.82) is 0 Å². The number of anilines is 1. The fourth-order valence-corrected chi connectivity index (χ4v) is 3.63. The summed E-state index contributed by atoms with van der Waals surface area (Å²) in [6.07, 6.45) is 5.29. The Bertz CT molecular complexity index is 739. The normalized spacial score (nSPS) is 17.1. The molecule has 3 rings (SSSR count). The molecule has 134 valence electrons. The SMILES string of the molecule is CNc1cc(C2CCCN2C(=O)CCCn2nc(C)cc2C)ccn1. The second-order valence-corrected chi connectivity index (χ2v) is 6.72. The van der Waals surface area contributed by atoms with Crippen LogP contribution >= 0.6 is 0 Å². The van der Waals surface area contributed by atoms with Crippen molar-refractivity contribution >= 4 is 11.7 Å². The Kier molecular flexibility index (Phi) is 5.36. The summed E-state index contributed by atoms with van der Waals surface area (Å²) in [5, 5.41) is 7.53. The second-order valence-electron chi connectivity index (χ2n) is 6.72. The van der Waals surface area contributed by atoms with Crippen LogP contribution in [0.5, 0.6) is 0 Å². The first-order valence-electron chi connectivity index (χ1n) is 9.02. The molecule has 1 aliphatic heterocycles. The van der Waals surface area contributed by atoms with Crippen LogP contribution in [-0.4, -0.2) is 39.2 Å². The maximum atomic E-state index is 12.7. The highest BCUT2D eigenvalue weighted by Crippen LogP contribution is 2.33. The van der Waals surface area contributed by atoms with Crippen LogP contribution in [0.1, 0.15) is 48.7 Å². The van der Waals surface area contributed by atoms with Gasteiger partial charge in [-0.2, -0.15) is 5.10 Å². The number of likely N-dealkylation sites (tertiary alicyclic amines) is 1. The van der Waals surface area contributed by atoms with Crippen LogP contribution in [0.25, 0.3) is 0 Å². The minimum absolute atomic E-state index is 0.177. The molecule has 2 aromatic rings. The van der Waals surface area contributed by atoms with E-state index in [1.165, 1.54) is 5.56 Å². The van der Waals surface area contributed by atoms with Crippen LogP contribution < -0.4 is 5.32 Å². The summed E-state index contributed by atoms with van der Waals surface area (Å²) in [5.41, 5.74) is 3.35. The first kappa shape index (κ1) is 17.5. The predicted molar refractivity (Wildman–Crippen MR) is 98.4 cm³/mol. The van der Waals surface area contributed by atoms with Crippen LogP contribution in [0.15, 0.2) is 24.4 Å². The molecule has 1 aliphatic rings. The molecular formula is C19H27N5O. The fourth-order valence-electron chi connectivity index (χ4n) is 3.63. The zero-order valence-corrected chi connectivity index (χ0v) is 15.3. The maximum absolute atomic E-state index is 12.7. The largest absolute Gasteiger partial charge is 0.373 e. The average Bonchev–Trinajstić information content (AvgIpc) is 3.21. The molecule has 3 heterocycles. The monoisotopic (exact) mass is 341 g/mol. The molecule has 1 fully saturated rings. The average molecular weight is 341 g/mol. The third-order valence-electron chi connectivity index (χ3n) is 4.86. The summed E-state index contributed by atoms with van der Waals surface area (Å²) in [6, 6.07) is 6.32. The smallest absolute Gasteiger partial charge is 0.223 e. The lowest BCUT2D eigenvalue weighted by molar-refractivity contribution is -0.132. The zero-order valence-electron chi connectivity index (χ0n) is 15.3. The van der Waals surface area contributed by atoms with Crippen LogP contribution in [0.3, 0.4) is 0 Å². The number of hydrogen-bond donors (Lipinski definition) is 1. The van der Waals surface area contributed by atoms with E-state index < -0.39 is 0 Å². The Balaban J connectivity index is 1.59. The topological polar surface area (TPSA) is 63.1 Å². The Morgan fingerprint density at radius 3 is 2.92 bits per heavy atom. The van der Waals surface area contributed by atoms with E-state index in [-0.39, 0.29) is 11.9 Å². The fraction of sp³-hybridized carbons (Fsp3) is 0.526. The summed E-state index contributed by atoms with van der Waals surface area (Å²) in [5.74, 6) is 1.09. The van der Waals surface area contributed by atoms with Crippen LogP contribution in [0.2, 0.25) is 0 Å². The molecule has 0 spiro atoms. The van der Waals surface area contributed by atoms with Crippen molar-refractivity contribution in [2.45, 2.75) is 52.1 Å². The molecule has 1 N–H and O–H groups in total. The van der Waals surface area contributed by atoms with Gasteiger partial charge in [0.2, 0.25) is 5.91 Å². The van der Waals surface area contributed by atoms with Crippen molar-refractivity contribution in [3.8, 4) is 0 Å². The van der Waals surface area contributed by atoms with E-state index in [4.69, 9.17) is 0 Å². The Labute approximate surface area is 149 Å². The van der Waals surface area contributed by atoms with Crippen molar-refractivity contribution in [2.24, 2.45) is 0 Å². The van der Waals surface area contributed by atoms with E-state index in [1.54, 1.807) is 0 Å². The molecular weight excluding hydrogens is 314 g/mol. The predicted octanol–water partition coefficient (Wildman–Crippen LogP) is 3.08. The number of carbonyl (C=O) groups excluding carboxylic acids is 1. The lowest BCUT2D eigenvalue weighted by atomic mass is 10.1. The van der Waals surface area contributed by atoms with Gasteiger partial charge in [0.1, 0.15) is 5.82 Å². The minimum atomic E-state index is 0.177. The molecule has 0 aromatic carbocycles.